The number of hydrogen-bond donors (Lipinski definition) is 9. The Hall–Kier alpha value is -8.56. The van der Waals surface area contributed by atoms with Crippen molar-refractivity contribution < 1.29 is 60.9 Å². The number of nitrogens with zero attached hydrogens (tertiary/aromatic N) is 3. The number of carbonyl (C=O) groups excluding carboxylic acids is 7. The third-order valence-corrected chi connectivity index (χ3v) is 14.4. The highest BCUT2D eigenvalue weighted by Crippen LogP contribution is 2.30. The lowest BCUT2D eigenvalue weighted by Gasteiger charge is -2.27. The van der Waals surface area contributed by atoms with Crippen LogP contribution in [-0.2, 0) is 65.8 Å². The molecule has 2 aromatic heterocycles. The molecule has 9 N–H and O–H groups in total. The van der Waals surface area contributed by atoms with E-state index in [1.54, 1.807) is 99.8 Å². The molecule has 2 heterocycles. The minimum Gasteiger partial charge on any atom is -0.464 e. The normalized spacial score (nSPS) is 12.8. The topological polar surface area (TPSA) is 335 Å². The number of sulfonamides is 1. The molecular formula is C57H72N12O13S. The van der Waals surface area contributed by atoms with Crippen LogP contribution in [0.3, 0.4) is 0 Å². The fourth-order valence-electron chi connectivity index (χ4n) is 8.62. The van der Waals surface area contributed by atoms with E-state index in [0.717, 1.165) is 11.1 Å². The minimum atomic E-state index is -4.04. The third kappa shape index (κ3) is 19.3. The molecule has 0 fully saturated rings. The van der Waals surface area contributed by atoms with Crippen molar-refractivity contribution in [2.24, 2.45) is 5.92 Å². The highest BCUT2D eigenvalue weighted by atomic mass is 32.2. The fourth-order valence-corrected chi connectivity index (χ4v) is 9.91. The van der Waals surface area contributed by atoms with Gasteiger partial charge in [-0.3, -0.25) is 39.0 Å². The molecule has 0 bridgehead atoms. The molecule has 0 radical (unpaired) electrons. The number of methoxy groups -OCH3 is 2. The monoisotopic (exact) mass is 1160 g/mol. The number of esters is 1. The zero-order chi connectivity index (χ0) is 59.9. The Kier molecular flexibility index (Phi) is 24.2. The molecule has 6 aromatic rings. The van der Waals surface area contributed by atoms with E-state index >= 15 is 0 Å². The summed E-state index contributed by atoms with van der Waals surface area (Å²) >= 11 is 0. The molecule has 26 heteroatoms. The van der Waals surface area contributed by atoms with Crippen molar-refractivity contribution >= 4 is 79.5 Å². The standard InChI is InChI=1S/C57H72N12O13S/c1-36(2)51(56(75)63-49-34-45(66-68-49)57(76)80-6)64-52(71)41(23-13-14-26-58-83(77,78)47-25-16-21-39-40(47)22-15-24-46(39)69(3)4)59-53(72)42(31-37-17-9-7-10-18-37)60-54(73)43(32-38-19-11-8-12-20-38)61-55(74)44-33-48(67-65-44)62-50(70)35-82-30-29-81-28-27-79-5/h7-12,15-22,24-25,33-34,36,41-43,51,58H,13-14,23,26-32,35H2,1-6H3,(H,59,72)(H,60,73)(H,61,74)(H,64,71)(H2,62,65,67,70)(H2,63,66,68,75)/t41-,42-,43-,51-/m0/s1. The highest BCUT2D eigenvalue weighted by Gasteiger charge is 2.33. The lowest BCUT2D eigenvalue weighted by Crippen LogP contribution is -2.59. The van der Waals surface area contributed by atoms with Crippen LogP contribution in [0.4, 0.5) is 17.3 Å². The van der Waals surface area contributed by atoms with Crippen molar-refractivity contribution in [3.63, 3.8) is 0 Å². The summed E-state index contributed by atoms with van der Waals surface area (Å²) in [5.41, 5.74) is 1.99. The first kappa shape index (κ1) is 63.6. The van der Waals surface area contributed by atoms with Crippen LogP contribution in [0.2, 0.25) is 0 Å². The molecule has 4 atom stereocenters. The second-order valence-electron chi connectivity index (χ2n) is 19.7. The van der Waals surface area contributed by atoms with Gasteiger partial charge in [-0.05, 0) is 48.4 Å². The number of ether oxygens (including phenoxy) is 4. The third-order valence-electron chi connectivity index (χ3n) is 12.9. The number of unbranched alkanes of at least 4 members (excludes halogenated alkanes) is 1. The molecule has 0 saturated carbocycles. The zero-order valence-electron chi connectivity index (χ0n) is 47.1. The summed E-state index contributed by atoms with van der Waals surface area (Å²) < 4.78 is 50.6. The maximum atomic E-state index is 14.8. The summed E-state index contributed by atoms with van der Waals surface area (Å²) in [6.07, 6.45) is 0.222. The molecule has 25 nitrogen and oxygen atoms in total. The van der Waals surface area contributed by atoms with Crippen LogP contribution in [-0.4, -0.2) is 162 Å². The number of H-pyrrole nitrogens is 2. The van der Waals surface area contributed by atoms with Gasteiger partial charge in [0.1, 0.15) is 42.2 Å². The first-order chi connectivity index (χ1) is 39.9. The molecule has 0 aliphatic rings. The molecule has 4 aromatic carbocycles. The summed E-state index contributed by atoms with van der Waals surface area (Å²) in [6.45, 7) is 4.20. The summed E-state index contributed by atoms with van der Waals surface area (Å²) in [4.78, 5) is 98.2. The van der Waals surface area contributed by atoms with Crippen LogP contribution in [0, 0.1) is 5.92 Å². The Morgan fingerprint density at radius 3 is 1.81 bits per heavy atom. The number of aromatic nitrogens is 4. The number of carbonyl (C=O) groups is 7. The molecule has 0 spiro atoms. The van der Waals surface area contributed by atoms with Gasteiger partial charge in [-0.25, -0.2) is 17.9 Å². The smallest absolute Gasteiger partial charge is 0.356 e. The first-order valence-corrected chi connectivity index (χ1v) is 28.3. The Balaban J connectivity index is 1.20. The molecule has 0 aliphatic heterocycles. The van der Waals surface area contributed by atoms with Crippen LogP contribution >= 0.6 is 0 Å². The van der Waals surface area contributed by atoms with E-state index < -0.39 is 81.5 Å². The number of benzene rings is 4. The average Bonchev–Trinajstić information content (AvgIpc) is 4.01. The zero-order valence-corrected chi connectivity index (χ0v) is 47.9. The van der Waals surface area contributed by atoms with Gasteiger partial charge in [0.25, 0.3) is 11.8 Å². The van der Waals surface area contributed by atoms with Crippen molar-refractivity contribution in [1.82, 2.24) is 46.4 Å². The van der Waals surface area contributed by atoms with Gasteiger partial charge >= 0.3 is 5.97 Å². The number of anilines is 3. The first-order valence-electron chi connectivity index (χ1n) is 26.8. The molecule has 0 saturated heterocycles. The SMILES string of the molecule is COCCOCCOCC(=O)Nc1cc(C(=O)N[C@@H](Cc2ccccc2)C(=O)N[C@@H](Cc2ccccc2)C(=O)N[C@@H](CCCCNS(=O)(=O)c2cccc3c(N(C)C)cccc23)C(=O)N[C@H](C(=O)Nc2cc(C(=O)OC)[nH]n2)C(C)C)[nH]n1. The number of nitrogens with one attached hydrogen (secondary N) is 9. The van der Waals surface area contributed by atoms with Gasteiger partial charge in [-0.2, -0.15) is 10.2 Å². The van der Waals surface area contributed by atoms with Crippen molar-refractivity contribution in [3.8, 4) is 0 Å². The van der Waals surface area contributed by atoms with Gasteiger partial charge in [0.05, 0.1) is 38.4 Å². The Labute approximate surface area is 481 Å². The Bertz CT molecular complexity index is 3250. The quantitative estimate of drug-likeness (QED) is 0.0211. The number of aromatic amines is 2. The molecule has 6 amide bonds. The van der Waals surface area contributed by atoms with Crippen molar-refractivity contribution in [2.75, 3.05) is 83.4 Å². The molecular weight excluding hydrogens is 1090 g/mol. The molecule has 0 aliphatic carbocycles. The van der Waals surface area contributed by atoms with Crippen LogP contribution in [0.5, 0.6) is 0 Å². The van der Waals surface area contributed by atoms with Crippen LogP contribution < -0.4 is 41.5 Å². The van der Waals surface area contributed by atoms with Gasteiger partial charge in [0.2, 0.25) is 33.7 Å². The predicted octanol–water partition coefficient (Wildman–Crippen LogP) is 3.24. The van der Waals surface area contributed by atoms with Crippen molar-refractivity contribution in [2.45, 2.75) is 75.0 Å². The van der Waals surface area contributed by atoms with Gasteiger partial charge in [-0.15, -0.1) is 0 Å². The maximum absolute atomic E-state index is 14.8. The number of fused-ring (bicyclic) bond motifs is 1. The Morgan fingerprint density at radius 1 is 0.602 bits per heavy atom. The van der Waals surface area contributed by atoms with Crippen molar-refractivity contribution in [1.29, 1.82) is 0 Å². The molecule has 444 valence electrons. The summed E-state index contributed by atoms with van der Waals surface area (Å²) in [6, 6.07) is 25.4. The number of amides is 6. The average molecular weight is 1170 g/mol. The second kappa shape index (κ2) is 31.6. The van der Waals surface area contributed by atoms with E-state index in [0.29, 0.717) is 29.7 Å². The fraction of sp³-hybridized carbons (Fsp3) is 0.386. The molecule has 0 unspecified atom stereocenters. The van der Waals surface area contributed by atoms with E-state index in [4.69, 9.17) is 18.9 Å². The van der Waals surface area contributed by atoms with E-state index in [2.05, 4.69) is 57.0 Å². The van der Waals surface area contributed by atoms with Gasteiger partial charge in [-0.1, -0.05) is 98.8 Å². The van der Waals surface area contributed by atoms with Gasteiger partial charge in [0.15, 0.2) is 11.6 Å². The minimum absolute atomic E-state index is 0.00982. The predicted molar refractivity (Wildman–Crippen MR) is 309 cm³/mol. The number of rotatable bonds is 33. The van der Waals surface area contributed by atoms with E-state index in [1.807, 2.05) is 31.1 Å². The summed E-state index contributed by atoms with van der Waals surface area (Å²) in [5, 5.41) is 30.5. The van der Waals surface area contributed by atoms with Gasteiger partial charge in [0, 0.05) is 69.2 Å². The van der Waals surface area contributed by atoms with Gasteiger partial charge < -0.3 is 55.7 Å². The van der Waals surface area contributed by atoms with Crippen LogP contribution in [0.1, 0.15) is 65.2 Å². The lowest BCUT2D eigenvalue weighted by molar-refractivity contribution is -0.133. The van der Waals surface area contributed by atoms with Crippen LogP contribution in [0.15, 0.2) is 114 Å². The van der Waals surface area contributed by atoms with E-state index in [-0.39, 0.29) is 86.4 Å². The highest BCUT2D eigenvalue weighted by molar-refractivity contribution is 7.89. The Morgan fingerprint density at radius 2 is 1.17 bits per heavy atom. The van der Waals surface area contributed by atoms with E-state index in [9.17, 15) is 42.0 Å². The molecule has 6 rings (SSSR count). The van der Waals surface area contributed by atoms with Crippen molar-refractivity contribution in [3.05, 3.63) is 132 Å². The summed E-state index contributed by atoms with van der Waals surface area (Å²) in [5.74, 6) is -5.61. The second-order valence-corrected chi connectivity index (χ2v) is 21.4. The van der Waals surface area contributed by atoms with Crippen LogP contribution in [0.25, 0.3) is 10.8 Å². The number of hydrogen-bond acceptors (Lipinski definition) is 16. The maximum Gasteiger partial charge on any atom is 0.356 e. The van der Waals surface area contributed by atoms with E-state index in [1.165, 1.54) is 25.3 Å². The lowest BCUT2D eigenvalue weighted by atomic mass is 10.0. The largest absolute Gasteiger partial charge is 0.464 e. The summed E-state index contributed by atoms with van der Waals surface area (Å²) in [7, 11) is 2.43. The molecule has 83 heavy (non-hydrogen) atoms.